The summed E-state index contributed by atoms with van der Waals surface area (Å²) in [6, 6.07) is 7.99. The van der Waals surface area contributed by atoms with Gasteiger partial charge in [0.15, 0.2) is 5.96 Å². The molecule has 0 heterocycles. The van der Waals surface area contributed by atoms with Crippen molar-refractivity contribution >= 4 is 17.6 Å². The second-order valence-electron chi connectivity index (χ2n) is 6.02. The van der Waals surface area contributed by atoms with E-state index in [0.29, 0.717) is 6.54 Å². The summed E-state index contributed by atoms with van der Waals surface area (Å²) < 4.78 is 0. The van der Waals surface area contributed by atoms with E-state index in [1.807, 2.05) is 24.3 Å². The number of hydrogen-bond donors (Lipinski definition) is 3. The maximum atomic E-state index is 12.2. The highest BCUT2D eigenvalue weighted by Gasteiger charge is 2.22. The quantitative estimate of drug-likeness (QED) is 0.558. The van der Waals surface area contributed by atoms with Crippen molar-refractivity contribution in [2.45, 2.75) is 45.6 Å². The highest BCUT2D eigenvalue weighted by atomic mass is 16.1. The standard InChI is InChI=1S/C18H28N4O/c1-3-11-20-18(19-2)21-13-14-7-6-10-16(12-14)22-17(23)15-8-4-5-9-15/h6-7,10,12,15H,3-5,8-9,11,13H2,1-2H3,(H,22,23)(H2,19,20,21). The first-order valence-corrected chi connectivity index (χ1v) is 8.57. The van der Waals surface area contributed by atoms with Crippen LogP contribution in [0.1, 0.15) is 44.6 Å². The van der Waals surface area contributed by atoms with Crippen LogP contribution in [0.2, 0.25) is 0 Å². The van der Waals surface area contributed by atoms with Crippen LogP contribution in [-0.4, -0.2) is 25.5 Å². The van der Waals surface area contributed by atoms with E-state index in [-0.39, 0.29) is 11.8 Å². The van der Waals surface area contributed by atoms with E-state index in [1.165, 1.54) is 12.8 Å². The SMILES string of the molecule is CCCNC(=NC)NCc1cccc(NC(=O)C2CCCC2)c1. The fourth-order valence-electron chi connectivity index (χ4n) is 2.84. The molecule has 2 rings (SSSR count). The lowest BCUT2D eigenvalue weighted by molar-refractivity contribution is -0.119. The Morgan fingerprint density at radius 3 is 2.74 bits per heavy atom. The van der Waals surface area contributed by atoms with Gasteiger partial charge in [0.1, 0.15) is 0 Å². The molecule has 23 heavy (non-hydrogen) atoms. The molecule has 0 aromatic heterocycles. The third-order valence-corrected chi connectivity index (χ3v) is 4.15. The van der Waals surface area contributed by atoms with Gasteiger partial charge >= 0.3 is 0 Å². The number of aliphatic imine (C=N–C) groups is 1. The summed E-state index contributed by atoms with van der Waals surface area (Å²) in [5.41, 5.74) is 1.99. The third-order valence-electron chi connectivity index (χ3n) is 4.15. The highest BCUT2D eigenvalue weighted by Crippen LogP contribution is 2.26. The summed E-state index contributed by atoms with van der Waals surface area (Å²) in [5.74, 6) is 1.15. The zero-order valence-corrected chi connectivity index (χ0v) is 14.2. The summed E-state index contributed by atoms with van der Waals surface area (Å²) >= 11 is 0. The predicted molar refractivity (Wildman–Crippen MR) is 95.5 cm³/mol. The average Bonchev–Trinajstić information content (AvgIpc) is 3.10. The summed E-state index contributed by atoms with van der Waals surface area (Å²) in [6.45, 7) is 3.70. The molecule has 1 fully saturated rings. The molecule has 1 amide bonds. The molecule has 1 aliphatic rings. The molecule has 1 aliphatic carbocycles. The highest BCUT2D eigenvalue weighted by molar-refractivity contribution is 5.92. The van der Waals surface area contributed by atoms with E-state index in [4.69, 9.17) is 0 Å². The van der Waals surface area contributed by atoms with Gasteiger partial charge in [-0.15, -0.1) is 0 Å². The first kappa shape index (κ1) is 17.3. The molecule has 0 saturated heterocycles. The Morgan fingerprint density at radius 1 is 1.26 bits per heavy atom. The number of benzene rings is 1. The van der Waals surface area contributed by atoms with Gasteiger partial charge in [0.2, 0.25) is 5.91 Å². The van der Waals surface area contributed by atoms with Gasteiger partial charge in [0.25, 0.3) is 0 Å². The number of hydrogen-bond acceptors (Lipinski definition) is 2. The number of nitrogens with zero attached hydrogens (tertiary/aromatic N) is 1. The lowest BCUT2D eigenvalue weighted by atomic mass is 10.1. The zero-order chi connectivity index (χ0) is 16.5. The lowest BCUT2D eigenvalue weighted by Crippen LogP contribution is -2.37. The number of guanidine groups is 1. The number of carbonyl (C=O) groups excluding carboxylic acids is 1. The average molecular weight is 316 g/mol. The van der Waals surface area contributed by atoms with Crippen LogP contribution in [0.5, 0.6) is 0 Å². The van der Waals surface area contributed by atoms with E-state index in [2.05, 4.69) is 27.9 Å². The number of carbonyl (C=O) groups is 1. The summed E-state index contributed by atoms with van der Waals surface area (Å²) in [6.07, 6.45) is 5.44. The van der Waals surface area contributed by atoms with Crippen LogP contribution in [0.4, 0.5) is 5.69 Å². The normalized spacial score (nSPS) is 15.5. The second kappa shape index (κ2) is 9.18. The Labute approximate surface area is 139 Å². The van der Waals surface area contributed by atoms with Gasteiger partial charge in [-0.1, -0.05) is 31.9 Å². The molecule has 0 radical (unpaired) electrons. The molecule has 0 aliphatic heterocycles. The van der Waals surface area contributed by atoms with Gasteiger partial charge < -0.3 is 16.0 Å². The lowest BCUT2D eigenvalue weighted by Gasteiger charge is -2.13. The molecular formula is C18H28N4O. The fraction of sp³-hybridized carbons (Fsp3) is 0.556. The van der Waals surface area contributed by atoms with E-state index in [1.54, 1.807) is 7.05 Å². The van der Waals surface area contributed by atoms with Crippen molar-refractivity contribution in [2.75, 3.05) is 18.9 Å². The summed E-state index contributed by atoms with van der Waals surface area (Å²) in [5, 5.41) is 9.57. The molecule has 1 saturated carbocycles. The van der Waals surface area contributed by atoms with Gasteiger partial charge in [-0.3, -0.25) is 9.79 Å². The van der Waals surface area contributed by atoms with Crippen LogP contribution in [0.3, 0.4) is 0 Å². The predicted octanol–water partition coefficient (Wildman–Crippen LogP) is 2.89. The summed E-state index contributed by atoms with van der Waals surface area (Å²) in [7, 11) is 1.77. The van der Waals surface area contributed by atoms with Crippen LogP contribution >= 0.6 is 0 Å². The van der Waals surface area contributed by atoms with Crippen LogP contribution in [0.15, 0.2) is 29.3 Å². The third kappa shape index (κ3) is 5.58. The maximum Gasteiger partial charge on any atom is 0.227 e. The Kier molecular flexibility index (Phi) is 6.91. The molecule has 3 N–H and O–H groups in total. The number of anilines is 1. The van der Waals surface area contributed by atoms with Crippen LogP contribution in [0, 0.1) is 5.92 Å². The van der Waals surface area contributed by atoms with Crippen LogP contribution in [-0.2, 0) is 11.3 Å². The monoisotopic (exact) mass is 316 g/mol. The Morgan fingerprint density at radius 2 is 2.04 bits per heavy atom. The Balaban J connectivity index is 1.87. The molecule has 0 spiro atoms. The molecule has 5 heteroatoms. The molecule has 126 valence electrons. The molecular weight excluding hydrogens is 288 g/mol. The van der Waals surface area contributed by atoms with Crippen LogP contribution in [0.25, 0.3) is 0 Å². The van der Waals surface area contributed by atoms with Crippen molar-refractivity contribution in [3.8, 4) is 0 Å². The number of amides is 1. The number of nitrogens with one attached hydrogen (secondary N) is 3. The second-order valence-corrected chi connectivity index (χ2v) is 6.02. The fourth-order valence-corrected chi connectivity index (χ4v) is 2.84. The maximum absolute atomic E-state index is 12.2. The van der Waals surface area contributed by atoms with E-state index in [0.717, 1.165) is 43.0 Å². The number of rotatable bonds is 6. The van der Waals surface area contributed by atoms with Crippen molar-refractivity contribution < 1.29 is 4.79 Å². The smallest absolute Gasteiger partial charge is 0.227 e. The van der Waals surface area contributed by atoms with Crippen molar-refractivity contribution in [3.63, 3.8) is 0 Å². The van der Waals surface area contributed by atoms with Gasteiger partial charge in [-0.2, -0.15) is 0 Å². The van der Waals surface area contributed by atoms with E-state index < -0.39 is 0 Å². The minimum atomic E-state index is 0.160. The molecule has 0 atom stereocenters. The Bertz CT molecular complexity index is 536. The van der Waals surface area contributed by atoms with Gasteiger partial charge in [0, 0.05) is 31.7 Å². The van der Waals surface area contributed by atoms with Crippen molar-refractivity contribution in [1.29, 1.82) is 0 Å². The minimum Gasteiger partial charge on any atom is -0.356 e. The Hall–Kier alpha value is -2.04. The minimum absolute atomic E-state index is 0.160. The molecule has 0 bridgehead atoms. The van der Waals surface area contributed by atoms with Gasteiger partial charge in [0.05, 0.1) is 0 Å². The molecule has 0 unspecified atom stereocenters. The first-order valence-electron chi connectivity index (χ1n) is 8.57. The topological polar surface area (TPSA) is 65.5 Å². The largest absolute Gasteiger partial charge is 0.356 e. The van der Waals surface area contributed by atoms with Crippen LogP contribution < -0.4 is 16.0 Å². The summed E-state index contributed by atoms with van der Waals surface area (Å²) in [4.78, 5) is 16.4. The first-order chi connectivity index (χ1) is 11.2. The molecule has 1 aromatic carbocycles. The van der Waals surface area contributed by atoms with Gasteiger partial charge in [-0.25, -0.2) is 0 Å². The van der Waals surface area contributed by atoms with Crippen molar-refractivity contribution in [1.82, 2.24) is 10.6 Å². The van der Waals surface area contributed by atoms with E-state index in [9.17, 15) is 4.79 Å². The van der Waals surface area contributed by atoms with Gasteiger partial charge in [-0.05, 0) is 37.0 Å². The van der Waals surface area contributed by atoms with Crippen molar-refractivity contribution in [2.24, 2.45) is 10.9 Å². The molecule has 5 nitrogen and oxygen atoms in total. The van der Waals surface area contributed by atoms with E-state index >= 15 is 0 Å². The van der Waals surface area contributed by atoms with Crippen molar-refractivity contribution in [3.05, 3.63) is 29.8 Å². The molecule has 1 aromatic rings. The zero-order valence-electron chi connectivity index (χ0n) is 14.2.